The second-order valence-corrected chi connectivity index (χ2v) is 6.17. The van der Waals surface area contributed by atoms with Gasteiger partial charge in [-0.15, -0.1) is 0 Å². The standard InChI is InChI=1S/C19H17ClN2O3/c1-12-9-13(7-8-16(12)23)11-22-15(10-17(24)25)18(20)21-19(22)14-5-3-2-4-6-14/h2-9,23H,10-11H2,1H3,(H,24,25). The van der Waals surface area contributed by atoms with E-state index >= 15 is 0 Å². The predicted octanol–water partition coefficient (Wildman–Crippen LogP) is 3.89. The lowest BCUT2D eigenvalue weighted by Crippen LogP contribution is -2.11. The molecule has 5 nitrogen and oxygen atoms in total. The van der Waals surface area contributed by atoms with Gasteiger partial charge in [-0.2, -0.15) is 0 Å². The first kappa shape index (κ1) is 17.0. The second kappa shape index (κ2) is 6.99. The molecule has 0 saturated heterocycles. The Kier molecular flexibility index (Phi) is 4.76. The first-order valence-electron chi connectivity index (χ1n) is 7.76. The van der Waals surface area contributed by atoms with Crippen molar-refractivity contribution in [3.05, 3.63) is 70.5 Å². The molecule has 0 aliphatic rings. The smallest absolute Gasteiger partial charge is 0.309 e. The number of halogens is 1. The third-order valence-corrected chi connectivity index (χ3v) is 4.28. The van der Waals surface area contributed by atoms with Gasteiger partial charge in [-0.1, -0.05) is 54.1 Å². The fourth-order valence-corrected chi connectivity index (χ4v) is 2.99. The molecule has 2 N–H and O–H groups in total. The van der Waals surface area contributed by atoms with E-state index in [1.54, 1.807) is 12.1 Å². The highest BCUT2D eigenvalue weighted by molar-refractivity contribution is 6.30. The zero-order chi connectivity index (χ0) is 18.0. The van der Waals surface area contributed by atoms with Crippen molar-refractivity contribution in [2.24, 2.45) is 0 Å². The summed E-state index contributed by atoms with van der Waals surface area (Å²) < 4.78 is 1.82. The van der Waals surface area contributed by atoms with Crippen molar-refractivity contribution in [1.29, 1.82) is 0 Å². The summed E-state index contributed by atoms with van der Waals surface area (Å²) in [6.07, 6.45) is -0.213. The van der Waals surface area contributed by atoms with E-state index in [9.17, 15) is 15.0 Å². The molecule has 3 aromatic rings. The quantitative estimate of drug-likeness (QED) is 0.727. The van der Waals surface area contributed by atoms with Crippen molar-refractivity contribution in [2.75, 3.05) is 0 Å². The SMILES string of the molecule is Cc1cc(Cn2c(-c3ccccc3)nc(Cl)c2CC(=O)O)ccc1O. The molecule has 6 heteroatoms. The minimum atomic E-state index is -0.968. The van der Waals surface area contributed by atoms with Gasteiger partial charge in [0.2, 0.25) is 0 Å². The average Bonchev–Trinajstić information content (AvgIpc) is 2.88. The van der Waals surface area contributed by atoms with Gasteiger partial charge in [0.15, 0.2) is 5.15 Å². The van der Waals surface area contributed by atoms with Gasteiger partial charge < -0.3 is 14.8 Å². The van der Waals surface area contributed by atoms with Gasteiger partial charge >= 0.3 is 5.97 Å². The highest BCUT2D eigenvalue weighted by atomic mass is 35.5. The maximum Gasteiger partial charge on any atom is 0.309 e. The maximum atomic E-state index is 11.2. The first-order valence-corrected chi connectivity index (χ1v) is 8.14. The second-order valence-electron chi connectivity index (χ2n) is 5.82. The van der Waals surface area contributed by atoms with Gasteiger partial charge in [-0.05, 0) is 24.1 Å². The predicted molar refractivity (Wildman–Crippen MR) is 96.0 cm³/mol. The number of phenolic OH excluding ortho intramolecular Hbond substituents is 1. The van der Waals surface area contributed by atoms with Crippen molar-refractivity contribution in [3.63, 3.8) is 0 Å². The zero-order valence-electron chi connectivity index (χ0n) is 13.6. The number of carboxylic acid groups (broad SMARTS) is 1. The lowest BCUT2D eigenvalue weighted by molar-refractivity contribution is -0.136. The average molecular weight is 357 g/mol. The van der Waals surface area contributed by atoms with Crippen LogP contribution in [0, 0.1) is 6.92 Å². The summed E-state index contributed by atoms with van der Waals surface area (Å²) in [5, 5.41) is 19.1. The number of aromatic hydroxyl groups is 1. The molecular weight excluding hydrogens is 340 g/mol. The number of benzene rings is 2. The van der Waals surface area contributed by atoms with E-state index in [-0.39, 0.29) is 17.3 Å². The Hall–Kier alpha value is -2.79. The number of phenols is 1. The third-order valence-electron chi connectivity index (χ3n) is 3.98. The van der Waals surface area contributed by atoms with Gasteiger partial charge in [0.25, 0.3) is 0 Å². The van der Waals surface area contributed by atoms with Crippen LogP contribution in [0.1, 0.15) is 16.8 Å². The lowest BCUT2D eigenvalue weighted by atomic mass is 10.1. The molecule has 2 aromatic carbocycles. The van der Waals surface area contributed by atoms with Crippen molar-refractivity contribution in [2.45, 2.75) is 19.9 Å². The summed E-state index contributed by atoms with van der Waals surface area (Å²) in [5.74, 6) is -0.126. The van der Waals surface area contributed by atoms with Crippen LogP contribution in [0.4, 0.5) is 0 Å². The number of hydrogen-bond acceptors (Lipinski definition) is 3. The lowest BCUT2D eigenvalue weighted by Gasteiger charge is -2.12. The van der Waals surface area contributed by atoms with Crippen molar-refractivity contribution < 1.29 is 15.0 Å². The molecule has 0 aliphatic carbocycles. The number of rotatable bonds is 5. The fourth-order valence-electron chi connectivity index (χ4n) is 2.75. The highest BCUT2D eigenvalue weighted by Crippen LogP contribution is 2.28. The Morgan fingerprint density at radius 2 is 1.92 bits per heavy atom. The summed E-state index contributed by atoms with van der Waals surface area (Å²) in [5.41, 5.74) is 2.99. The first-order chi connectivity index (χ1) is 12.0. The zero-order valence-corrected chi connectivity index (χ0v) is 14.4. The number of imidazole rings is 1. The molecule has 0 saturated carbocycles. The minimum Gasteiger partial charge on any atom is -0.508 e. The molecule has 0 radical (unpaired) electrons. The highest BCUT2D eigenvalue weighted by Gasteiger charge is 2.19. The molecule has 0 unspecified atom stereocenters. The molecule has 0 atom stereocenters. The summed E-state index contributed by atoms with van der Waals surface area (Å²) in [6.45, 7) is 2.23. The van der Waals surface area contributed by atoms with Crippen LogP contribution in [-0.4, -0.2) is 25.7 Å². The van der Waals surface area contributed by atoms with Gasteiger partial charge in [0.1, 0.15) is 11.6 Å². The molecule has 25 heavy (non-hydrogen) atoms. The molecule has 0 spiro atoms. The Morgan fingerprint density at radius 1 is 1.20 bits per heavy atom. The molecule has 1 heterocycles. The van der Waals surface area contributed by atoms with Crippen LogP contribution in [0.25, 0.3) is 11.4 Å². The topological polar surface area (TPSA) is 75.4 Å². The Morgan fingerprint density at radius 3 is 2.56 bits per heavy atom. The largest absolute Gasteiger partial charge is 0.508 e. The molecule has 0 fully saturated rings. The number of aliphatic carboxylic acids is 1. The van der Waals surface area contributed by atoms with Crippen LogP contribution in [0.3, 0.4) is 0 Å². The van der Waals surface area contributed by atoms with E-state index in [0.717, 1.165) is 16.7 Å². The summed E-state index contributed by atoms with van der Waals surface area (Å²) in [6, 6.07) is 14.8. The van der Waals surface area contributed by atoms with Crippen molar-refractivity contribution in [1.82, 2.24) is 9.55 Å². The summed E-state index contributed by atoms with van der Waals surface area (Å²) in [7, 11) is 0. The molecule has 3 rings (SSSR count). The van der Waals surface area contributed by atoms with Crippen LogP contribution >= 0.6 is 11.6 Å². The Labute approximate surface area is 150 Å². The van der Waals surface area contributed by atoms with E-state index in [1.165, 1.54) is 0 Å². The van der Waals surface area contributed by atoms with Gasteiger partial charge in [0, 0.05) is 12.1 Å². The van der Waals surface area contributed by atoms with Crippen molar-refractivity contribution in [3.8, 4) is 17.1 Å². The van der Waals surface area contributed by atoms with E-state index < -0.39 is 5.97 Å². The van der Waals surface area contributed by atoms with Gasteiger partial charge in [-0.3, -0.25) is 4.79 Å². The van der Waals surface area contributed by atoms with Crippen LogP contribution in [0.5, 0.6) is 5.75 Å². The number of aromatic nitrogens is 2. The Balaban J connectivity index is 2.10. The summed E-state index contributed by atoms with van der Waals surface area (Å²) in [4.78, 5) is 15.6. The molecule has 0 amide bonds. The molecular formula is C19H17ClN2O3. The fraction of sp³-hybridized carbons (Fsp3) is 0.158. The number of aryl methyl sites for hydroxylation is 1. The van der Waals surface area contributed by atoms with Crippen LogP contribution < -0.4 is 0 Å². The van der Waals surface area contributed by atoms with Crippen LogP contribution in [-0.2, 0) is 17.8 Å². The van der Waals surface area contributed by atoms with Crippen LogP contribution in [0.15, 0.2) is 48.5 Å². The molecule has 128 valence electrons. The Bertz CT molecular complexity index is 920. The van der Waals surface area contributed by atoms with Gasteiger partial charge in [0.05, 0.1) is 12.1 Å². The summed E-state index contributed by atoms with van der Waals surface area (Å²) >= 11 is 6.23. The van der Waals surface area contributed by atoms with E-state index in [0.29, 0.717) is 18.1 Å². The maximum absolute atomic E-state index is 11.2. The van der Waals surface area contributed by atoms with E-state index in [2.05, 4.69) is 4.98 Å². The monoisotopic (exact) mass is 356 g/mol. The number of carboxylic acids is 1. The number of hydrogen-bond donors (Lipinski definition) is 2. The third kappa shape index (κ3) is 3.67. The van der Waals surface area contributed by atoms with Crippen molar-refractivity contribution >= 4 is 17.6 Å². The van der Waals surface area contributed by atoms with Gasteiger partial charge in [-0.25, -0.2) is 4.98 Å². The normalized spacial score (nSPS) is 10.8. The molecule has 0 bridgehead atoms. The van der Waals surface area contributed by atoms with E-state index in [4.69, 9.17) is 11.6 Å². The molecule has 0 aliphatic heterocycles. The minimum absolute atomic E-state index is 0.191. The van der Waals surface area contributed by atoms with Crippen LogP contribution in [0.2, 0.25) is 5.15 Å². The number of nitrogens with zero attached hydrogens (tertiary/aromatic N) is 2. The molecule has 1 aromatic heterocycles. The number of carbonyl (C=O) groups is 1. The van der Waals surface area contributed by atoms with E-state index in [1.807, 2.05) is 47.9 Å².